The minimum Gasteiger partial charge on any atom is -0.493 e. The molecule has 1 heterocycles. The molecule has 0 bridgehead atoms. The molecular weight excluding hydrogens is 228 g/mol. The molecule has 4 heteroatoms. The van der Waals surface area contributed by atoms with Gasteiger partial charge in [0.25, 0.3) is 0 Å². The Morgan fingerprint density at radius 3 is 2.89 bits per heavy atom. The van der Waals surface area contributed by atoms with Gasteiger partial charge in [0, 0.05) is 13.5 Å². The number of aryl methyl sites for hydroxylation is 2. The molecule has 0 aliphatic heterocycles. The second-order valence-electron chi connectivity index (χ2n) is 4.43. The van der Waals surface area contributed by atoms with Crippen molar-refractivity contribution in [2.45, 2.75) is 19.4 Å². The Morgan fingerprint density at radius 2 is 2.22 bits per heavy atom. The normalized spacial score (nSPS) is 12.4. The number of aromatic nitrogens is 2. The molecule has 96 valence electrons. The molecule has 4 nitrogen and oxygen atoms in total. The van der Waals surface area contributed by atoms with E-state index in [9.17, 15) is 5.11 Å². The van der Waals surface area contributed by atoms with E-state index >= 15 is 0 Å². The molecule has 0 radical (unpaired) electrons. The summed E-state index contributed by atoms with van der Waals surface area (Å²) in [5.41, 5.74) is 3.00. The quantitative estimate of drug-likeness (QED) is 0.897. The van der Waals surface area contributed by atoms with E-state index in [-0.39, 0.29) is 0 Å². The van der Waals surface area contributed by atoms with E-state index < -0.39 is 6.10 Å². The lowest BCUT2D eigenvalue weighted by Crippen LogP contribution is -2.09. The topological polar surface area (TPSA) is 47.3 Å². The molecule has 0 saturated heterocycles. The average molecular weight is 246 g/mol. The zero-order valence-electron chi connectivity index (χ0n) is 10.9. The number of benzene rings is 1. The van der Waals surface area contributed by atoms with Gasteiger partial charge in [-0.05, 0) is 12.5 Å². The first-order chi connectivity index (χ1) is 8.61. The van der Waals surface area contributed by atoms with Crippen molar-refractivity contribution < 1.29 is 9.84 Å². The zero-order chi connectivity index (χ0) is 13.1. The van der Waals surface area contributed by atoms with Gasteiger partial charge in [0.1, 0.15) is 11.8 Å². The fourth-order valence-electron chi connectivity index (χ4n) is 2.12. The number of hydrogen-bond donors (Lipinski definition) is 1. The van der Waals surface area contributed by atoms with E-state index in [1.165, 1.54) is 5.56 Å². The Labute approximate surface area is 107 Å². The van der Waals surface area contributed by atoms with Crippen molar-refractivity contribution in [2.24, 2.45) is 7.05 Å². The van der Waals surface area contributed by atoms with Crippen molar-refractivity contribution in [3.8, 4) is 5.75 Å². The van der Waals surface area contributed by atoms with Gasteiger partial charge < -0.3 is 9.84 Å². The first kappa shape index (κ1) is 12.6. The maximum atomic E-state index is 10.3. The second-order valence-corrected chi connectivity index (χ2v) is 4.43. The van der Waals surface area contributed by atoms with E-state index in [2.05, 4.69) is 11.2 Å². The van der Waals surface area contributed by atoms with Gasteiger partial charge in [0.2, 0.25) is 0 Å². The van der Waals surface area contributed by atoms with Gasteiger partial charge in [0.15, 0.2) is 5.75 Å². The molecule has 0 aliphatic carbocycles. The smallest absolute Gasteiger partial charge is 0.162 e. The predicted molar refractivity (Wildman–Crippen MR) is 69.6 cm³/mol. The van der Waals surface area contributed by atoms with Crippen LogP contribution in [0.3, 0.4) is 0 Å². The van der Waals surface area contributed by atoms with Crippen LogP contribution in [0.15, 0.2) is 30.5 Å². The standard InChI is InChI=1S/C14H18N2O2/c1-10-5-4-6-11(7-10)8-12(17)14-13(18-3)9-15-16(14)2/h4-7,9,12,17H,8H2,1-3H3. The van der Waals surface area contributed by atoms with E-state index in [0.29, 0.717) is 17.9 Å². The molecule has 0 fully saturated rings. The largest absolute Gasteiger partial charge is 0.493 e. The maximum absolute atomic E-state index is 10.3. The van der Waals surface area contributed by atoms with Gasteiger partial charge in [-0.15, -0.1) is 0 Å². The monoisotopic (exact) mass is 246 g/mol. The zero-order valence-corrected chi connectivity index (χ0v) is 10.9. The van der Waals surface area contributed by atoms with Crippen molar-refractivity contribution in [1.82, 2.24) is 9.78 Å². The van der Waals surface area contributed by atoms with Gasteiger partial charge in [-0.25, -0.2) is 0 Å². The highest BCUT2D eigenvalue weighted by Gasteiger charge is 2.18. The van der Waals surface area contributed by atoms with Crippen LogP contribution in [0.25, 0.3) is 0 Å². The Hall–Kier alpha value is -1.81. The fraction of sp³-hybridized carbons (Fsp3) is 0.357. The molecule has 0 saturated carbocycles. The van der Waals surface area contributed by atoms with Gasteiger partial charge in [-0.3, -0.25) is 4.68 Å². The number of hydrogen-bond acceptors (Lipinski definition) is 3. The molecule has 1 aromatic heterocycles. The lowest BCUT2D eigenvalue weighted by Gasteiger charge is -2.13. The highest BCUT2D eigenvalue weighted by Crippen LogP contribution is 2.26. The minimum absolute atomic E-state index is 0.553. The highest BCUT2D eigenvalue weighted by atomic mass is 16.5. The van der Waals surface area contributed by atoms with Gasteiger partial charge in [0.05, 0.1) is 13.3 Å². The van der Waals surface area contributed by atoms with Crippen LogP contribution in [0.4, 0.5) is 0 Å². The highest BCUT2D eigenvalue weighted by molar-refractivity contribution is 5.30. The molecule has 0 amide bonds. The molecule has 1 atom stereocenters. The summed E-state index contributed by atoms with van der Waals surface area (Å²) in [6.45, 7) is 2.04. The summed E-state index contributed by atoms with van der Waals surface area (Å²) in [5.74, 6) is 0.623. The Bertz CT molecular complexity index is 534. The first-order valence-electron chi connectivity index (χ1n) is 5.91. The summed E-state index contributed by atoms with van der Waals surface area (Å²) in [7, 11) is 3.39. The molecule has 1 N–H and O–H groups in total. The summed E-state index contributed by atoms with van der Waals surface area (Å²) in [4.78, 5) is 0. The number of ether oxygens (including phenoxy) is 1. The van der Waals surface area contributed by atoms with Crippen molar-refractivity contribution in [2.75, 3.05) is 7.11 Å². The van der Waals surface area contributed by atoms with E-state index in [1.807, 2.05) is 25.1 Å². The molecule has 0 spiro atoms. The van der Waals surface area contributed by atoms with Crippen LogP contribution >= 0.6 is 0 Å². The van der Waals surface area contributed by atoms with Crippen LogP contribution in [-0.2, 0) is 13.5 Å². The first-order valence-corrected chi connectivity index (χ1v) is 5.91. The van der Waals surface area contributed by atoms with Crippen molar-refractivity contribution in [3.63, 3.8) is 0 Å². The van der Waals surface area contributed by atoms with Crippen LogP contribution in [0, 0.1) is 6.92 Å². The Balaban J connectivity index is 2.21. The Morgan fingerprint density at radius 1 is 1.44 bits per heavy atom. The van der Waals surface area contributed by atoms with Gasteiger partial charge >= 0.3 is 0 Å². The molecule has 2 rings (SSSR count). The third-order valence-electron chi connectivity index (χ3n) is 3.00. The SMILES string of the molecule is COc1cnn(C)c1C(O)Cc1cccc(C)c1. The maximum Gasteiger partial charge on any atom is 0.162 e. The number of rotatable bonds is 4. The summed E-state index contributed by atoms with van der Waals surface area (Å²) in [6.07, 6.45) is 1.56. The molecule has 1 unspecified atom stereocenters. The number of methoxy groups -OCH3 is 1. The van der Waals surface area contributed by atoms with Crippen LogP contribution in [-0.4, -0.2) is 22.0 Å². The summed E-state index contributed by atoms with van der Waals surface area (Å²) < 4.78 is 6.86. The molecule has 0 aliphatic rings. The van der Waals surface area contributed by atoms with E-state index in [0.717, 1.165) is 5.56 Å². The number of nitrogens with zero attached hydrogens (tertiary/aromatic N) is 2. The average Bonchev–Trinajstić information content (AvgIpc) is 2.70. The van der Waals surface area contributed by atoms with Gasteiger partial charge in [-0.2, -0.15) is 5.10 Å². The van der Waals surface area contributed by atoms with Gasteiger partial charge in [-0.1, -0.05) is 29.8 Å². The van der Waals surface area contributed by atoms with Crippen LogP contribution < -0.4 is 4.74 Å². The fourth-order valence-corrected chi connectivity index (χ4v) is 2.12. The Kier molecular flexibility index (Phi) is 3.67. The van der Waals surface area contributed by atoms with Crippen LogP contribution in [0.2, 0.25) is 0 Å². The van der Waals surface area contributed by atoms with Crippen molar-refractivity contribution in [1.29, 1.82) is 0 Å². The lowest BCUT2D eigenvalue weighted by molar-refractivity contribution is 0.164. The second kappa shape index (κ2) is 5.23. The lowest BCUT2D eigenvalue weighted by atomic mass is 10.0. The predicted octanol–water partition coefficient (Wildman–Crippen LogP) is 2.01. The van der Waals surface area contributed by atoms with Crippen LogP contribution in [0.1, 0.15) is 22.9 Å². The number of aliphatic hydroxyl groups is 1. The molecule has 1 aromatic carbocycles. The summed E-state index contributed by atoms with van der Waals surface area (Å²) in [5, 5.41) is 14.4. The third-order valence-corrected chi connectivity index (χ3v) is 3.00. The molecular formula is C14H18N2O2. The third kappa shape index (κ3) is 2.54. The summed E-state index contributed by atoms with van der Waals surface area (Å²) in [6, 6.07) is 8.13. The van der Waals surface area contributed by atoms with Crippen molar-refractivity contribution >= 4 is 0 Å². The van der Waals surface area contributed by atoms with Crippen LogP contribution in [0.5, 0.6) is 5.75 Å². The molecule has 18 heavy (non-hydrogen) atoms. The summed E-state index contributed by atoms with van der Waals surface area (Å²) >= 11 is 0. The van der Waals surface area contributed by atoms with E-state index in [1.54, 1.807) is 25.0 Å². The molecule has 2 aromatic rings. The van der Waals surface area contributed by atoms with E-state index in [4.69, 9.17) is 4.74 Å². The minimum atomic E-state index is -0.616. The van der Waals surface area contributed by atoms with Crippen molar-refractivity contribution in [3.05, 3.63) is 47.3 Å². The number of aliphatic hydroxyl groups excluding tert-OH is 1.